The zero-order valence-corrected chi connectivity index (χ0v) is 16.1. The first-order valence-electron chi connectivity index (χ1n) is 9.10. The highest BCUT2D eigenvalue weighted by Crippen LogP contribution is 2.22. The first kappa shape index (κ1) is 19.4. The van der Waals surface area contributed by atoms with Crippen molar-refractivity contribution < 1.29 is 18.7 Å². The maximum Gasteiger partial charge on any atom is 0.308 e. The van der Waals surface area contributed by atoms with E-state index in [1.165, 1.54) is 0 Å². The minimum Gasteiger partial charge on any atom is -0.463 e. The minimum absolute atomic E-state index is 0.0303. The molecule has 0 saturated heterocycles. The van der Waals surface area contributed by atoms with Gasteiger partial charge in [0.05, 0.1) is 18.6 Å². The smallest absolute Gasteiger partial charge is 0.308 e. The first-order chi connectivity index (χ1) is 13.4. The molecule has 0 fully saturated rings. The summed E-state index contributed by atoms with van der Waals surface area (Å²) in [7, 11) is 0. The molecule has 7 nitrogen and oxygen atoms in total. The summed E-state index contributed by atoms with van der Waals surface area (Å²) in [5.41, 5.74) is 1.63. The zero-order valence-electron chi connectivity index (χ0n) is 16.1. The molecule has 3 aromatic rings. The number of nitrogens with zero attached hydrogens (tertiary/aromatic N) is 1. The molecule has 3 rings (SSSR count). The average Bonchev–Trinajstić information content (AvgIpc) is 3.30. The van der Waals surface area contributed by atoms with Gasteiger partial charge in [-0.3, -0.25) is 14.7 Å². The van der Waals surface area contributed by atoms with E-state index in [1.54, 1.807) is 26.0 Å². The molecule has 0 radical (unpaired) electrons. The van der Waals surface area contributed by atoms with Gasteiger partial charge >= 0.3 is 5.97 Å². The molecule has 0 aliphatic heterocycles. The van der Waals surface area contributed by atoms with E-state index >= 15 is 0 Å². The number of H-pyrrole nitrogens is 1. The number of amides is 1. The molecular weight excluding hydrogens is 358 g/mol. The van der Waals surface area contributed by atoms with Crippen LogP contribution in [0, 0.1) is 6.92 Å². The Balaban J connectivity index is 1.75. The van der Waals surface area contributed by atoms with E-state index < -0.39 is 11.9 Å². The van der Waals surface area contributed by atoms with Crippen molar-refractivity contribution in [3.8, 4) is 11.5 Å². The SMILES string of the molecule is Cc1ccc(-c2cc(C(=O)NC(CC(=O)OC(C)C)c3ccccc3)n[nH]2)o1. The molecule has 7 heteroatoms. The van der Waals surface area contributed by atoms with Gasteiger partial charge in [-0.05, 0) is 38.5 Å². The summed E-state index contributed by atoms with van der Waals surface area (Å²) in [6, 6.07) is 14.0. The molecule has 146 valence electrons. The summed E-state index contributed by atoms with van der Waals surface area (Å²) >= 11 is 0. The van der Waals surface area contributed by atoms with Crippen LogP contribution in [0.2, 0.25) is 0 Å². The van der Waals surface area contributed by atoms with Crippen LogP contribution in [0.25, 0.3) is 11.5 Å². The summed E-state index contributed by atoms with van der Waals surface area (Å²) in [6.45, 7) is 5.42. The van der Waals surface area contributed by atoms with E-state index in [4.69, 9.17) is 9.15 Å². The third-order valence-corrected chi connectivity index (χ3v) is 4.06. The van der Waals surface area contributed by atoms with Crippen molar-refractivity contribution >= 4 is 11.9 Å². The monoisotopic (exact) mass is 381 g/mol. The fraction of sp³-hybridized carbons (Fsp3) is 0.286. The Morgan fingerprint density at radius 1 is 1.18 bits per heavy atom. The number of esters is 1. The maximum absolute atomic E-state index is 12.7. The van der Waals surface area contributed by atoms with Gasteiger partial charge in [-0.15, -0.1) is 0 Å². The number of hydrogen-bond donors (Lipinski definition) is 2. The van der Waals surface area contributed by atoms with Crippen LogP contribution in [0.15, 0.2) is 52.9 Å². The highest BCUT2D eigenvalue weighted by atomic mass is 16.5. The molecule has 1 atom stereocenters. The van der Waals surface area contributed by atoms with Gasteiger partial charge in [-0.1, -0.05) is 30.3 Å². The van der Waals surface area contributed by atoms with E-state index in [1.807, 2.05) is 43.3 Å². The molecule has 0 spiro atoms. The topological polar surface area (TPSA) is 97.2 Å². The molecule has 2 heterocycles. The molecular formula is C21H23N3O4. The number of ether oxygens (including phenoxy) is 1. The largest absolute Gasteiger partial charge is 0.463 e. The Labute approximate surface area is 163 Å². The number of hydrogen-bond acceptors (Lipinski definition) is 5. The van der Waals surface area contributed by atoms with Gasteiger partial charge < -0.3 is 14.5 Å². The summed E-state index contributed by atoms with van der Waals surface area (Å²) in [4.78, 5) is 24.8. The van der Waals surface area contributed by atoms with Gasteiger partial charge in [0.25, 0.3) is 5.91 Å². The van der Waals surface area contributed by atoms with E-state index in [0.29, 0.717) is 11.5 Å². The Bertz CT molecular complexity index is 943. The first-order valence-corrected chi connectivity index (χ1v) is 9.10. The highest BCUT2D eigenvalue weighted by molar-refractivity contribution is 5.93. The lowest BCUT2D eigenvalue weighted by atomic mass is 10.0. The number of furan rings is 1. The summed E-state index contributed by atoms with van der Waals surface area (Å²) in [5.74, 6) is 0.600. The lowest BCUT2D eigenvalue weighted by Gasteiger charge is -2.19. The summed E-state index contributed by atoms with van der Waals surface area (Å²) in [5, 5.41) is 9.73. The van der Waals surface area contributed by atoms with Gasteiger partial charge in [-0.25, -0.2) is 0 Å². The van der Waals surface area contributed by atoms with Crippen LogP contribution in [0.5, 0.6) is 0 Å². The van der Waals surface area contributed by atoms with Gasteiger partial charge in [0.2, 0.25) is 0 Å². The van der Waals surface area contributed by atoms with Gasteiger partial charge in [0, 0.05) is 6.07 Å². The van der Waals surface area contributed by atoms with Crippen molar-refractivity contribution in [1.82, 2.24) is 15.5 Å². The predicted octanol–water partition coefficient (Wildman–Crippen LogP) is 3.79. The van der Waals surface area contributed by atoms with Gasteiger partial charge in [-0.2, -0.15) is 5.10 Å². The summed E-state index contributed by atoms with van der Waals surface area (Å²) < 4.78 is 10.8. The number of aryl methyl sites for hydroxylation is 1. The number of rotatable bonds is 7. The van der Waals surface area contributed by atoms with E-state index in [9.17, 15) is 9.59 Å². The molecule has 1 aromatic carbocycles. The number of aromatic amines is 1. The normalized spacial score (nSPS) is 12.0. The maximum atomic E-state index is 12.7. The predicted molar refractivity (Wildman–Crippen MR) is 104 cm³/mol. The third-order valence-electron chi connectivity index (χ3n) is 4.06. The van der Waals surface area contributed by atoms with Crippen LogP contribution >= 0.6 is 0 Å². The average molecular weight is 381 g/mol. The van der Waals surface area contributed by atoms with Crippen LogP contribution < -0.4 is 5.32 Å². The number of carbonyl (C=O) groups excluding carboxylic acids is 2. The molecule has 1 amide bonds. The van der Waals surface area contributed by atoms with E-state index in [-0.39, 0.29) is 24.2 Å². The van der Waals surface area contributed by atoms with Crippen molar-refractivity contribution in [2.45, 2.75) is 39.3 Å². The number of carbonyl (C=O) groups is 2. The van der Waals surface area contributed by atoms with Crippen molar-refractivity contribution in [3.63, 3.8) is 0 Å². The lowest BCUT2D eigenvalue weighted by Crippen LogP contribution is -2.31. The third kappa shape index (κ3) is 4.88. The molecule has 0 aliphatic rings. The fourth-order valence-electron chi connectivity index (χ4n) is 2.79. The minimum atomic E-state index is -0.522. The van der Waals surface area contributed by atoms with E-state index in [0.717, 1.165) is 11.3 Å². The summed E-state index contributed by atoms with van der Waals surface area (Å²) in [6.07, 6.45) is -0.187. The fourth-order valence-corrected chi connectivity index (χ4v) is 2.79. The van der Waals surface area contributed by atoms with Crippen LogP contribution in [-0.4, -0.2) is 28.2 Å². The zero-order chi connectivity index (χ0) is 20.1. The molecule has 28 heavy (non-hydrogen) atoms. The number of nitrogens with one attached hydrogen (secondary N) is 2. The second-order valence-electron chi connectivity index (χ2n) is 6.76. The van der Waals surface area contributed by atoms with Crippen LogP contribution in [-0.2, 0) is 9.53 Å². The second-order valence-corrected chi connectivity index (χ2v) is 6.76. The molecule has 0 bridgehead atoms. The number of benzene rings is 1. The second kappa shape index (κ2) is 8.56. The quantitative estimate of drug-likeness (QED) is 0.607. The molecule has 2 N–H and O–H groups in total. The Kier molecular flexibility index (Phi) is 5.93. The number of aromatic nitrogens is 2. The van der Waals surface area contributed by atoms with Crippen LogP contribution in [0.3, 0.4) is 0 Å². The highest BCUT2D eigenvalue weighted by Gasteiger charge is 2.22. The Morgan fingerprint density at radius 2 is 1.93 bits per heavy atom. The van der Waals surface area contributed by atoms with Crippen LogP contribution in [0.4, 0.5) is 0 Å². The molecule has 2 aromatic heterocycles. The molecule has 1 unspecified atom stereocenters. The van der Waals surface area contributed by atoms with Crippen molar-refractivity contribution in [2.24, 2.45) is 0 Å². The standard InChI is InChI=1S/C21H23N3O4/c1-13(2)27-20(25)12-16(15-7-5-4-6-8-15)22-21(26)18-11-17(23-24-18)19-10-9-14(3)28-19/h4-11,13,16H,12H2,1-3H3,(H,22,26)(H,23,24). The van der Waals surface area contributed by atoms with Crippen molar-refractivity contribution in [3.05, 3.63) is 65.5 Å². The Hall–Kier alpha value is -3.35. The van der Waals surface area contributed by atoms with Crippen LogP contribution in [0.1, 0.15) is 48.1 Å². The molecule has 0 saturated carbocycles. The lowest BCUT2D eigenvalue weighted by molar-refractivity contribution is -0.147. The van der Waals surface area contributed by atoms with Gasteiger partial charge in [0.15, 0.2) is 11.5 Å². The van der Waals surface area contributed by atoms with Gasteiger partial charge in [0.1, 0.15) is 11.5 Å². The van der Waals surface area contributed by atoms with Crippen molar-refractivity contribution in [1.29, 1.82) is 0 Å². The Morgan fingerprint density at radius 3 is 2.57 bits per heavy atom. The van der Waals surface area contributed by atoms with E-state index in [2.05, 4.69) is 15.5 Å². The molecule has 0 aliphatic carbocycles. The van der Waals surface area contributed by atoms with Crippen molar-refractivity contribution in [2.75, 3.05) is 0 Å².